The Morgan fingerprint density at radius 2 is 1.72 bits per heavy atom. The molecule has 0 aliphatic rings. The van der Waals surface area contributed by atoms with Gasteiger partial charge in [0.1, 0.15) is 17.6 Å². The summed E-state index contributed by atoms with van der Waals surface area (Å²) in [5, 5.41) is 24.7. The van der Waals surface area contributed by atoms with Gasteiger partial charge in [-0.3, -0.25) is 14.6 Å². The smallest absolute Gasteiger partial charge is 0.426 e. The van der Waals surface area contributed by atoms with E-state index in [4.69, 9.17) is 0 Å². The number of nitrogens with zero attached hydrogens (tertiary/aromatic N) is 2. The highest BCUT2D eigenvalue weighted by atomic mass is 19.1. The number of rotatable bonds is 9. The average molecular weight is 436 g/mol. The first-order valence-corrected chi connectivity index (χ1v) is 9.94. The Bertz CT molecular complexity index is 1040. The molecule has 0 saturated carbocycles. The monoisotopic (exact) mass is 436 g/mol. The molecule has 164 valence electrons. The number of aromatic nitrogens is 2. The molecule has 0 aliphatic carbocycles. The highest BCUT2D eigenvalue weighted by molar-refractivity contribution is 6.43. The van der Waals surface area contributed by atoms with E-state index in [0.29, 0.717) is 5.56 Å². The minimum Gasteiger partial charge on any atom is -0.426 e. The van der Waals surface area contributed by atoms with Crippen molar-refractivity contribution in [1.29, 1.82) is 0 Å². The molecule has 0 fully saturated rings. The lowest BCUT2D eigenvalue weighted by molar-refractivity contribution is -0.123. The Hall–Kier alpha value is -3.63. The van der Waals surface area contributed by atoms with Gasteiger partial charge in [0.25, 0.3) is 5.91 Å². The summed E-state index contributed by atoms with van der Waals surface area (Å²) < 4.78 is 13.5. The molecule has 0 aliphatic heterocycles. The third-order valence-corrected chi connectivity index (χ3v) is 4.73. The van der Waals surface area contributed by atoms with Crippen LogP contribution in [0.15, 0.2) is 73.2 Å². The van der Waals surface area contributed by atoms with Crippen LogP contribution < -0.4 is 10.6 Å². The van der Waals surface area contributed by atoms with Gasteiger partial charge in [0, 0.05) is 18.8 Å². The van der Waals surface area contributed by atoms with E-state index in [9.17, 15) is 24.0 Å². The molecule has 32 heavy (non-hydrogen) atoms. The molecule has 0 spiro atoms. The fourth-order valence-corrected chi connectivity index (χ4v) is 3.14. The van der Waals surface area contributed by atoms with Crippen molar-refractivity contribution in [3.8, 4) is 0 Å². The molecule has 2 atom stereocenters. The van der Waals surface area contributed by atoms with Crippen LogP contribution >= 0.6 is 0 Å². The topological polar surface area (TPSA) is 124 Å². The fraction of sp³-hybridized carbons (Fsp3) is 0.182. The van der Waals surface area contributed by atoms with Crippen molar-refractivity contribution in [1.82, 2.24) is 20.6 Å². The maximum Gasteiger partial charge on any atom is 0.475 e. The van der Waals surface area contributed by atoms with E-state index in [1.54, 1.807) is 30.3 Å². The van der Waals surface area contributed by atoms with Crippen LogP contribution in [0, 0.1) is 5.82 Å². The standard InChI is InChI=1S/C22H22BFN4O4/c24-17-8-4-7-16(11-17)13-20(23(31)32)28-21(29)18(12-15-5-2-1-3-6-15)27-22(30)19-14-25-9-10-26-19/h1-11,14,18,20,31-32H,12-13H2,(H,27,30)(H,28,29)/t18-,20-/m0/s1. The zero-order valence-electron chi connectivity index (χ0n) is 17.1. The van der Waals surface area contributed by atoms with Crippen LogP contribution in [0.3, 0.4) is 0 Å². The minimum atomic E-state index is -1.89. The molecule has 0 bridgehead atoms. The molecule has 2 aromatic carbocycles. The van der Waals surface area contributed by atoms with E-state index in [-0.39, 0.29) is 18.5 Å². The number of hydrogen-bond donors (Lipinski definition) is 4. The minimum absolute atomic E-state index is 0.0165. The van der Waals surface area contributed by atoms with Crippen LogP contribution in [-0.4, -0.2) is 50.9 Å². The van der Waals surface area contributed by atoms with Crippen molar-refractivity contribution in [3.63, 3.8) is 0 Å². The second-order valence-electron chi connectivity index (χ2n) is 7.17. The molecular weight excluding hydrogens is 414 g/mol. The number of halogens is 1. The SMILES string of the molecule is O=C(N[C@@H](Cc1ccccc1)C(=O)N[C@@H](Cc1cccc(F)c1)B(O)O)c1cnccn1. The summed E-state index contributed by atoms with van der Waals surface area (Å²) in [6.45, 7) is 0. The van der Waals surface area contributed by atoms with Gasteiger partial charge in [-0.2, -0.15) is 0 Å². The molecule has 4 N–H and O–H groups in total. The zero-order chi connectivity index (χ0) is 22.9. The second kappa shape index (κ2) is 11.1. The molecule has 0 radical (unpaired) electrons. The fourth-order valence-electron chi connectivity index (χ4n) is 3.14. The van der Waals surface area contributed by atoms with Gasteiger partial charge in [0.05, 0.1) is 12.1 Å². The molecule has 8 nitrogen and oxygen atoms in total. The molecule has 3 aromatic rings. The normalized spacial score (nSPS) is 12.5. The third kappa shape index (κ3) is 6.69. The first kappa shape index (κ1) is 23.0. The lowest BCUT2D eigenvalue weighted by Crippen LogP contribution is -2.55. The second-order valence-corrected chi connectivity index (χ2v) is 7.17. The van der Waals surface area contributed by atoms with Gasteiger partial charge in [0.15, 0.2) is 0 Å². The first-order valence-electron chi connectivity index (χ1n) is 9.94. The van der Waals surface area contributed by atoms with Crippen molar-refractivity contribution < 1.29 is 24.0 Å². The summed E-state index contributed by atoms with van der Waals surface area (Å²) in [5.41, 5.74) is 1.31. The molecule has 1 aromatic heterocycles. The van der Waals surface area contributed by atoms with Crippen molar-refractivity contribution >= 4 is 18.9 Å². The van der Waals surface area contributed by atoms with Gasteiger partial charge in [-0.1, -0.05) is 42.5 Å². The van der Waals surface area contributed by atoms with E-state index in [1.807, 2.05) is 6.07 Å². The molecule has 10 heteroatoms. The van der Waals surface area contributed by atoms with E-state index >= 15 is 0 Å². The number of nitrogens with one attached hydrogen (secondary N) is 2. The Labute approximate surface area is 184 Å². The summed E-state index contributed by atoms with van der Waals surface area (Å²) in [6, 6.07) is 13.6. The summed E-state index contributed by atoms with van der Waals surface area (Å²) in [5.74, 6) is -2.81. The maximum atomic E-state index is 13.5. The van der Waals surface area contributed by atoms with Gasteiger partial charge >= 0.3 is 7.12 Å². The lowest BCUT2D eigenvalue weighted by atomic mass is 9.75. The molecule has 1 heterocycles. The number of carbonyl (C=O) groups excluding carboxylic acids is 2. The molecular formula is C22H22BFN4O4. The van der Waals surface area contributed by atoms with E-state index in [2.05, 4.69) is 20.6 Å². The van der Waals surface area contributed by atoms with Gasteiger partial charge in [-0.15, -0.1) is 0 Å². The Morgan fingerprint density at radius 3 is 2.38 bits per heavy atom. The highest BCUT2D eigenvalue weighted by Crippen LogP contribution is 2.09. The third-order valence-electron chi connectivity index (χ3n) is 4.73. The van der Waals surface area contributed by atoms with E-state index < -0.39 is 36.7 Å². The van der Waals surface area contributed by atoms with Crippen LogP contribution in [0.4, 0.5) is 4.39 Å². The Kier molecular flexibility index (Phi) is 8.01. The lowest BCUT2D eigenvalue weighted by Gasteiger charge is -2.23. The number of carbonyl (C=O) groups is 2. The highest BCUT2D eigenvalue weighted by Gasteiger charge is 2.30. The average Bonchev–Trinajstić information content (AvgIpc) is 2.79. The largest absolute Gasteiger partial charge is 0.475 e. The van der Waals surface area contributed by atoms with Gasteiger partial charge < -0.3 is 20.7 Å². The summed E-state index contributed by atoms with van der Waals surface area (Å²) >= 11 is 0. The van der Waals surface area contributed by atoms with Crippen molar-refractivity contribution in [2.75, 3.05) is 0 Å². The quantitative estimate of drug-likeness (QED) is 0.366. The molecule has 3 rings (SSSR count). The van der Waals surface area contributed by atoms with Crippen LogP contribution in [0.2, 0.25) is 0 Å². The Balaban J connectivity index is 1.76. The van der Waals surface area contributed by atoms with Crippen LogP contribution in [0.5, 0.6) is 0 Å². The summed E-state index contributed by atoms with van der Waals surface area (Å²) in [4.78, 5) is 33.4. The van der Waals surface area contributed by atoms with Crippen LogP contribution in [0.25, 0.3) is 0 Å². The molecule has 0 unspecified atom stereocenters. The van der Waals surface area contributed by atoms with E-state index in [0.717, 1.165) is 5.56 Å². The molecule has 2 amide bonds. The molecule has 0 saturated heterocycles. The van der Waals surface area contributed by atoms with Crippen LogP contribution in [-0.2, 0) is 17.6 Å². The van der Waals surface area contributed by atoms with Gasteiger partial charge in [-0.25, -0.2) is 9.37 Å². The number of hydrogen-bond acceptors (Lipinski definition) is 6. The summed E-state index contributed by atoms with van der Waals surface area (Å²) in [7, 11) is -1.89. The predicted molar refractivity (Wildman–Crippen MR) is 116 cm³/mol. The van der Waals surface area contributed by atoms with Gasteiger partial charge in [0.2, 0.25) is 5.91 Å². The van der Waals surface area contributed by atoms with Crippen molar-refractivity contribution in [2.45, 2.75) is 24.8 Å². The van der Waals surface area contributed by atoms with E-state index in [1.165, 1.54) is 36.8 Å². The van der Waals surface area contributed by atoms with Gasteiger partial charge in [-0.05, 0) is 29.7 Å². The summed E-state index contributed by atoms with van der Waals surface area (Å²) in [6.07, 6.45) is 4.20. The number of benzene rings is 2. The first-order chi connectivity index (χ1) is 15.4. The van der Waals surface area contributed by atoms with Crippen LogP contribution in [0.1, 0.15) is 21.6 Å². The van der Waals surface area contributed by atoms with Crippen molar-refractivity contribution in [3.05, 3.63) is 95.8 Å². The predicted octanol–water partition coefficient (Wildman–Crippen LogP) is 0.696. The van der Waals surface area contributed by atoms with Crippen molar-refractivity contribution in [2.24, 2.45) is 0 Å². The maximum absolute atomic E-state index is 13.5. The Morgan fingerprint density at radius 1 is 0.969 bits per heavy atom. The number of amides is 2. The zero-order valence-corrected chi connectivity index (χ0v) is 17.1.